The monoisotopic (exact) mass is 407 g/mol. The maximum atomic E-state index is 12.7. The SMILES string of the molecule is Cc1ccccc1C(=O)OCC(=O)c1c(N)n(Cc2ccccc2)c(=O)n(C)c1=O. The number of carbonyl (C=O) groups is 2. The summed E-state index contributed by atoms with van der Waals surface area (Å²) in [5, 5.41) is 0. The van der Waals surface area contributed by atoms with Gasteiger partial charge < -0.3 is 10.5 Å². The van der Waals surface area contributed by atoms with Gasteiger partial charge in [0, 0.05) is 7.05 Å². The predicted molar refractivity (Wildman–Crippen MR) is 112 cm³/mol. The van der Waals surface area contributed by atoms with Crippen LogP contribution in [0.1, 0.15) is 31.8 Å². The van der Waals surface area contributed by atoms with E-state index in [0.29, 0.717) is 11.1 Å². The molecule has 154 valence electrons. The van der Waals surface area contributed by atoms with Gasteiger partial charge in [0.2, 0.25) is 5.78 Å². The maximum Gasteiger partial charge on any atom is 0.338 e. The molecule has 0 aliphatic carbocycles. The molecule has 0 saturated carbocycles. The first-order chi connectivity index (χ1) is 14.3. The van der Waals surface area contributed by atoms with E-state index in [1.807, 2.05) is 6.07 Å². The fourth-order valence-corrected chi connectivity index (χ4v) is 3.05. The number of Topliss-reactive ketones (excluding diaryl/α,β-unsaturated/α-hetero) is 1. The molecule has 0 radical (unpaired) electrons. The minimum absolute atomic E-state index is 0.0862. The van der Waals surface area contributed by atoms with Gasteiger partial charge in [-0.3, -0.25) is 18.7 Å². The average molecular weight is 407 g/mol. The second kappa shape index (κ2) is 8.60. The van der Waals surface area contributed by atoms with Crippen molar-refractivity contribution < 1.29 is 14.3 Å². The van der Waals surface area contributed by atoms with E-state index in [1.54, 1.807) is 55.5 Å². The molecule has 0 spiro atoms. The van der Waals surface area contributed by atoms with Crippen LogP contribution in [0.3, 0.4) is 0 Å². The molecule has 3 aromatic rings. The van der Waals surface area contributed by atoms with Crippen molar-refractivity contribution in [2.45, 2.75) is 13.5 Å². The molecule has 8 nitrogen and oxygen atoms in total. The van der Waals surface area contributed by atoms with Gasteiger partial charge in [-0.1, -0.05) is 48.5 Å². The van der Waals surface area contributed by atoms with Crippen LogP contribution in [0.2, 0.25) is 0 Å². The number of anilines is 1. The lowest BCUT2D eigenvalue weighted by Crippen LogP contribution is -2.43. The van der Waals surface area contributed by atoms with Gasteiger partial charge in [-0.25, -0.2) is 9.59 Å². The Labute approximate surface area is 172 Å². The van der Waals surface area contributed by atoms with Crippen molar-refractivity contribution in [3.63, 3.8) is 0 Å². The molecular formula is C22H21N3O5. The van der Waals surface area contributed by atoms with Crippen molar-refractivity contribution in [1.82, 2.24) is 9.13 Å². The van der Waals surface area contributed by atoms with Crippen molar-refractivity contribution in [2.75, 3.05) is 12.3 Å². The largest absolute Gasteiger partial charge is 0.454 e. The first kappa shape index (κ1) is 20.8. The van der Waals surface area contributed by atoms with Gasteiger partial charge in [0.05, 0.1) is 12.1 Å². The van der Waals surface area contributed by atoms with Crippen LogP contribution in [0.5, 0.6) is 0 Å². The first-order valence-electron chi connectivity index (χ1n) is 9.20. The molecule has 8 heteroatoms. The molecule has 0 amide bonds. The summed E-state index contributed by atoms with van der Waals surface area (Å²) >= 11 is 0. The summed E-state index contributed by atoms with van der Waals surface area (Å²) in [6.45, 7) is 1.16. The molecule has 0 fully saturated rings. The third kappa shape index (κ3) is 4.07. The molecule has 0 aliphatic rings. The quantitative estimate of drug-likeness (QED) is 0.490. The third-order valence-corrected chi connectivity index (χ3v) is 4.74. The van der Waals surface area contributed by atoms with Gasteiger partial charge in [0.15, 0.2) is 6.61 Å². The number of nitrogen functional groups attached to an aromatic ring is 1. The topological polar surface area (TPSA) is 113 Å². The molecule has 3 rings (SSSR count). The zero-order chi connectivity index (χ0) is 21.8. The Morgan fingerprint density at radius 1 is 1.00 bits per heavy atom. The summed E-state index contributed by atoms with van der Waals surface area (Å²) in [5.74, 6) is -1.73. The van der Waals surface area contributed by atoms with Crippen LogP contribution in [0.4, 0.5) is 5.82 Å². The number of esters is 1. The Hall–Kier alpha value is -3.94. The van der Waals surface area contributed by atoms with Gasteiger partial charge in [0.1, 0.15) is 11.4 Å². The highest BCUT2D eigenvalue weighted by Gasteiger charge is 2.23. The number of carbonyl (C=O) groups excluding carboxylic acids is 2. The fourth-order valence-electron chi connectivity index (χ4n) is 3.05. The second-order valence-electron chi connectivity index (χ2n) is 6.79. The van der Waals surface area contributed by atoms with E-state index in [1.165, 1.54) is 7.05 Å². The van der Waals surface area contributed by atoms with Crippen molar-refractivity contribution in [3.05, 3.63) is 97.7 Å². The summed E-state index contributed by atoms with van der Waals surface area (Å²) in [5.41, 5.74) is 5.96. The number of nitrogens with zero attached hydrogens (tertiary/aromatic N) is 2. The van der Waals surface area contributed by atoms with Gasteiger partial charge >= 0.3 is 11.7 Å². The van der Waals surface area contributed by atoms with E-state index >= 15 is 0 Å². The predicted octanol–water partition coefficient (Wildman–Crippen LogP) is 1.53. The Morgan fingerprint density at radius 3 is 2.30 bits per heavy atom. The molecule has 30 heavy (non-hydrogen) atoms. The summed E-state index contributed by atoms with van der Waals surface area (Å²) in [7, 11) is 1.27. The maximum absolute atomic E-state index is 12.7. The van der Waals surface area contributed by atoms with E-state index in [2.05, 4.69) is 0 Å². The minimum Gasteiger partial charge on any atom is -0.454 e. The van der Waals surface area contributed by atoms with Crippen LogP contribution < -0.4 is 17.0 Å². The van der Waals surface area contributed by atoms with Crippen LogP contribution in [-0.2, 0) is 18.3 Å². The van der Waals surface area contributed by atoms with Gasteiger partial charge in [-0.15, -0.1) is 0 Å². The molecule has 1 aromatic heterocycles. The van der Waals surface area contributed by atoms with Crippen LogP contribution >= 0.6 is 0 Å². The lowest BCUT2D eigenvalue weighted by atomic mass is 10.1. The van der Waals surface area contributed by atoms with Crippen LogP contribution in [0, 0.1) is 6.92 Å². The number of hydrogen-bond donors (Lipinski definition) is 1. The normalized spacial score (nSPS) is 10.6. The molecule has 0 aliphatic heterocycles. The van der Waals surface area contributed by atoms with E-state index in [0.717, 1.165) is 14.7 Å². The number of nitrogens with two attached hydrogens (primary N) is 1. The fraction of sp³-hybridized carbons (Fsp3) is 0.182. The van der Waals surface area contributed by atoms with E-state index in [9.17, 15) is 19.2 Å². The van der Waals surface area contributed by atoms with E-state index in [-0.39, 0.29) is 17.9 Å². The average Bonchev–Trinajstić information content (AvgIpc) is 2.75. The second-order valence-corrected chi connectivity index (χ2v) is 6.79. The Balaban J connectivity index is 1.90. The molecule has 2 N–H and O–H groups in total. The number of rotatable bonds is 6. The number of benzene rings is 2. The number of aryl methyl sites for hydroxylation is 1. The lowest BCUT2D eigenvalue weighted by molar-refractivity contribution is 0.0473. The zero-order valence-corrected chi connectivity index (χ0v) is 16.6. The molecule has 1 heterocycles. The standard InChI is InChI=1S/C22H21N3O5/c1-14-8-6-7-11-16(14)21(28)30-13-17(26)18-19(23)25(22(29)24(2)20(18)27)12-15-9-4-3-5-10-15/h3-11H,12-13,23H2,1-2H3. The van der Waals surface area contributed by atoms with Crippen LogP contribution in [-0.4, -0.2) is 27.5 Å². The summed E-state index contributed by atoms with van der Waals surface area (Å²) in [6.07, 6.45) is 0. The van der Waals surface area contributed by atoms with Gasteiger partial charge in [-0.2, -0.15) is 0 Å². The van der Waals surface area contributed by atoms with Crippen molar-refractivity contribution >= 4 is 17.6 Å². The van der Waals surface area contributed by atoms with E-state index in [4.69, 9.17) is 10.5 Å². The summed E-state index contributed by atoms with van der Waals surface area (Å²) in [4.78, 5) is 50.0. The molecule has 2 aromatic carbocycles. The van der Waals surface area contributed by atoms with Crippen LogP contribution in [0.25, 0.3) is 0 Å². The Kier molecular flexibility index (Phi) is 5.96. The number of aromatic nitrogens is 2. The Morgan fingerprint density at radius 2 is 1.63 bits per heavy atom. The van der Waals surface area contributed by atoms with Crippen molar-refractivity contribution in [2.24, 2.45) is 7.05 Å². The van der Waals surface area contributed by atoms with Gasteiger partial charge in [0.25, 0.3) is 5.56 Å². The molecule has 0 atom stereocenters. The smallest absolute Gasteiger partial charge is 0.338 e. The minimum atomic E-state index is -0.834. The molecule has 0 bridgehead atoms. The molecular weight excluding hydrogens is 386 g/mol. The zero-order valence-electron chi connectivity index (χ0n) is 16.6. The highest BCUT2D eigenvalue weighted by Crippen LogP contribution is 2.12. The van der Waals surface area contributed by atoms with Gasteiger partial charge in [-0.05, 0) is 24.1 Å². The number of ketones is 1. The Bertz CT molecular complexity index is 1230. The highest BCUT2D eigenvalue weighted by atomic mass is 16.5. The summed E-state index contributed by atoms with van der Waals surface area (Å²) in [6, 6.07) is 15.8. The highest BCUT2D eigenvalue weighted by molar-refractivity contribution is 6.02. The molecule has 0 unspecified atom stereocenters. The third-order valence-electron chi connectivity index (χ3n) is 4.74. The number of hydrogen-bond acceptors (Lipinski definition) is 6. The lowest BCUT2D eigenvalue weighted by Gasteiger charge is -2.15. The first-order valence-corrected chi connectivity index (χ1v) is 9.20. The molecule has 0 saturated heterocycles. The summed E-state index contributed by atoms with van der Waals surface area (Å²) < 4.78 is 7.04. The number of ether oxygens (including phenoxy) is 1. The van der Waals surface area contributed by atoms with E-state index < -0.39 is 29.6 Å². The van der Waals surface area contributed by atoms with Crippen molar-refractivity contribution in [1.29, 1.82) is 0 Å². The van der Waals surface area contributed by atoms with Crippen molar-refractivity contribution in [3.8, 4) is 0 Å². The van der Waals surface area contributed by atoms with Crippen LogP contribution in [0.15, 0.2) is 64.2 Å².